The van der Waals surface area contributed by atoms with Crippen LogP contribution in [0.2, 0.25) is 0 Å². The Bertz CT molecular complexity index is 796. The first-order valence-electron chi connectivity index (χ1n) is 9.96. The molecule has 0 bridgehead atoms. The SMILES string of the molecule is COc1ccc(CN2CCN(Cc3cccc(F)c3)CC2CCO)c(C)c1C. The second-order valence-corrected chi connectivity index (χ2v) is 7.68. The maximum absolute atomic E-state index is 13.5. The zero-order valence-electron chi connectivity index (χ0n) is 17.1. The van der Waals surface area contributed by atoms with E-state index in [-0.39, 0.29) is 18.5 Å². The van der Waals surface area contributed by atoms with Gasteiger partial charge < -0.3 is 9.84 Å². The van der Waals surface area contributed by atoms with Crippen molar-refractivity contribution in [3.8, 4) is 5.75 Å². The van der Waals surface area contributed by atoms with Crippen molar-refractivity contribution in [2.75, 3.05) is 33.4 Å². The summed E-state index contributed by atoms with van der Waals surface area (Å²) in [5, 5.41) is 9.57. The second-order valence-electron chi connectivity index (χ2n) is 7.68. The van der Waals surface area contributed by atoms with E-state index in [2.05, 4.69) is 29.7 Å². The minimum absolute atomic E-state index is 0.176. The molecule has 3 rings (SSSR count). The van der Waals surface area contributed by atoms with E-state index in [9.17, 15) is 9.50 Å². The molecule has 1 fully saturated rings. The zero-order valence-corrected chi connectivity index (χ0v) is 17.1. The molecular weight excluding hydrogens is 355 g/mol. The molecule has 0 spiro atoms. The number of piperazine rings is 1. The van der Waals surface area contributed by atoms with Crippen molar-refractivity contribution in [3.05, 3.63) is 64.5 Å². The Balaban J connectivity index is 1.69. The third kappa shape index (κ3) is 4.90. The van der Waals surface area contributed by atoms with Crippen molar-refractivity contribution >= 4 is 0 Å². The molecule has 1 aliphatic rings. The normalized spacial score (nSPS) is 18.4. The van der Waals surface area contributed by atoms with Gasteiger partial charge in [0.05, 0.1) is 7.11 Å². The third-order valence-corrected chi connectivity index (χ3v) is 5.89. The fraction of sp³-hybridized carbons (Fsp3) is 0.478. The number of nitrogens with zero attached hydrogens (tertiary/aromatic N) is 2. The fourth-order valence-corrected chi connectivity index (χ4v) is 4.09. The van der Waals surface area contributed by atoms with Crippen molar-refractivity contribution < 1.29 is 14.2 Å². The number of aliphatic hydroxyl groups excluding tert-OH is 1. The van der Waals surface area contributed by atoms with Crippen LogP contribution >= 0.6 is 0 Å². The molecular formula is C23H31FN2O2. The van der Waals surface area contributed by atoms with Crippen LogP contribution in [0.25, 0.3) is 0 Å². The van der Waals surface area contributed by atoms with E-state index in [1.54, 1.807) is 19.2 Å². The number of hydrogen-bond donors (Lipinski definition) is 1. The van der Waals surface area contributed by atoms with Crippen molar-refractivity contribution in [1.29, 1.82) is 0 Å². The van der Waals surface area contributed by atoms with Gasteiger partial charge in [-0.05, 0) is 60.7 Å². The molecule has 1 N–H and O–H groups in total. The second kappa shape index (κ2) is 9.50. The Labute approximate surface area is 167 Å². The third-order valence-electron chi connectivity index (χ3n) is 5.89. The van der Waals surface area contributed by atoms with Crippen LogP contribution in [0, 0.1) is 19.7 Å². The molecule has 2 aromatic rings. The number of benzene rings is 2. The highest BCUT2D eigenvalue weighted by atomic mass is 19.1. The number of methoxy groups -OCH3 is 1. The van der Waals surface area contributed by atoms with Gasteiger partial charge >= 0.3 is 0 Å². The molecule has 1 atom stereocenters. The first kappa shape index (κ1) is 20.8. The molecule has 0 radical (unpaired) electrons. The van der Waals surface area contributed by atoms with Gasteiger partial charge in [-0.1, -0.05) is 18.2 Å². The van der Waals surface area contributed by atoms with Crippen LogP contribution in [-0.2, 0) is 13.1 Å². The van der Waals surface area contributed by atoms with E-state index < -0.39 is 0 Å². The Kier molecular flexibility index (Phi) is 7.05. The van der Waals surface area contributed by atoms with Crippen LogP contribution in [0.1, 0.15) is 28.7 Å². The van der Waals surface area contributed by atoms with Gasteiger partial charge in [0, 0.05) is 45.4 Å². The number of ether oxygens (including phenoxy) is 1. The molecule has 0 amide bonds. The number of aliphatic hydroxyl groups is 1. The summed E-state index contributed by atoms with van der Waals surface area (Å²) in [6, 6.07) is 11.3. The molecule has 0 aromatic heterocycles. The maximum Gasteiger partial charge on any atom is 0.123 e. The zero-order chi connectivity index (χ0) is 20.1. The van der Waals surface area contributed by atoms with Crippen molar-refractivity contribution in [2.45, 2.75) is 39.4 Å². The van der Waals surface area contributed by atoms with Crippen molar-refractivity contribution in [2.24, 2.45) is 0 Å². The van der Waals surface area contributed by atoms with Crippen molar-refractivity contribution in [1.82, 2.24) is 9.80 Å². The molecule has 5 heteroatoms. The number of hydrogen-bond acceptors (Lipinski definition) is 4. The summed E-state index contributed by atoms with van der Waals surface area (Å²) in [6.07, 6.45) is 0.744. The van der Waals surface area contributed by atoms with E-state index in [1.807, 2.05) is 12.1 Å². The van der Waals surface area contributed by atoms with Gasteiger partial charge in [0.15, 0.2) is 0 Å². The predicted octanol–water partition coefficient (Wildman–Crippen LogP) is 3.52. The summed E-state index contributed by atoms with van der Waals surface area (Å²) in [7, 11) is 1.70. The van der Waals surface area contributed by atoms with Crippen LogP contribution in [0.15, 0.2) is 36.4 Å². The molecule has 2 aromatic carbocycles. The molecule has 1 heterocycles. The van der Waals surface area contributed by atoms with Crippen molar-refractivity contribution in [3.63, 3.8) is 0 Å². The Morgan fingerprint density at radius 2 is 1.93 bits per heavy atom. The summed E-state index contributed by atoms with van der Waals surface area (Å²) in [4.78, 5) is 4.82. The summed E-state index contributed by atoms with van der Waals surface area (Å²) in [6.45, 7) is 8.79. The summed E-state index contributed by atoms with van der Waals surface area (Å²) < 4.78 is 18.9. The number of rotatable bonds is 7. The average molecular weight is 387 g/mol. The lowest BCUT2D eigenvalue weighted by Crippen LogP contribution is -2.52. The van der Waals surface area contributed by atoms with Gasteiger partial charge in [-0.2, -0.15) is 0 Å². The smallest absolute Gasteiger partial charge is 0.123 e. The standard InChI is InChI=1S/C23H31FN2O2/c1-17-18(2)23(28-3)8-7-20(17)15-26-11-10-25(16-22(26)9-12-27)14-19-5-4-6-21(24)13-19/h4-8,13,22,27H,9-12,14-16H2,1-3H3. The van der Waals surface area contributed by atoms with E-state index in [4.69, 9.17) is 4.74 Å². The van der Waals surface area contributed by atoms with Crippen LogP contribution < -0.4 is 4.74 Å². The Morgan fingerprint density at radius 1 is 1.11 bits per heavy atom. The van der Waals surface area contributed by atoms with E-state index in [0.717, 1.165) is 50.5 Å². The fourth-order valence-electron chi connectivity index (χ4n) is 4.09. The summed E-state index contributed by atoms with van der Waals surface area (Å²) in [5.74, 6) is 0.737. The predicted molar refractivity (Wildman–Crippen MR) is 110 cm³/mol. The van der Waals surface area contributed by atoms with E-state index in [0.29, 0.717) is 0 Å². The molecule has 1 saturated heterocycles. The highest BCUT2D eigenvalue weighted by Crippen LogP contribution is 2.26. The molecule has 1 aliphatic heterocycles. The average Bonchev–Trinajstić information content (AvgIpc) is 2.68. The Hall–Kier alpha value is -1.95. The lowest BCUT2D eigenvalue weighted by atomic mass is 10.00. The topological polar surface area (TPSA) is 35.9 Å². The summed E-state index contributed by atoms with van der Waals surface area (Å²) >= 11 is 0. The molecule has 1 unspecified atom stereocenters. The summed E-state index contributed by atoms with van der Waals surface area (Å²) in [5.41, 5.74) is 4.75. The van der Waals surface area contributed by atoms with E-state index >= 15 is 0 Å². The lowest BCUT2D eigenvalue weighted by molar-refractivity contribution is 0.0498. The quantitative estimate of drug-likeness (QED) is 0.790. The molecule has 0 aliphatic carbocycles. The van der Waals surface area contributed by atoms with Gasteiger partial charge in [-0.15, -0.1) is 0 Å². The largest absolute Gasteiger partial charge is 0.496 e. The monoisotopic (exact) mass is 386 g/mol. The van der Waals surface area contributed by atoms with Gasteiger partial charge in [0.25, 0.3) is 0 Å². The van der Waals surface area contributed by atoms with Crippen LogP contribution in [0.5, 0.6) is 5.75 Å². The molecule has 4 nitrogen and oxygen atoms in total. The molecule has 0 saturated carbocycles. The maximum atomic E-state index is 13.5. The van der Waals surface area contributed by atoms with Gasteiger partial charge in [0.2, 0.25) is 0 Å². The highest BCUT2D eigenvalue weighted by Gasteiger charge is 2.27. The molecule has 28 heavy (non-hydrogen) atoms. The molecule has 152 valence electrons. The first-order chi connectivity index (χ1) is 13.5. The minimum atomic E-state index is -0.187. The van der Waals surface area contributed by atoms with Crippen LogP contribution in [0.3, 0.4) is 0 Å². The van der Waals surface area contributed by atoms with Gasteiger partial charge in [-0.3, -0.25) is 9.80 Å². The Morgan fingerprint density at radius 3 is 2.64 bits per heavy atom. The first-order valence-corrected chi connectivity index (χ1v) is 9.96. The van der Waals surface area contributed by atoms with Crippen LogP contribution in [-0.4, -0.2) is 54.3 Å². The number of halogens is 1. The highest BCUT2D eigenvalue weighted by molar-refractivity contribution is 5.43. The lowest BCUT2D eigenvalue weighted by Gasteiger charge is -2.41. The minimum Gasteiger partial charge on any atom is -0.496 e. The van der Waals surface area contributed by atoms with Gasteiger partial charge in [0.1, 0.15) is 11.6 Å². The van der Waals surface area contributed by atoms with E-state index in [1.165, 1.54) is 22.8 Å². The van der Waals surface area contributed by atoms with Gasteiger partial charge in [-0.25, -0.2) is 4.39 Å². The van der Waals surface area contributed by atoms with Crippen LogP contribution in [0.4, 0.5) is 4.39 Å².